The SMILES string of the molecule is Cc1nnc(N2CC[C@H](Oc3ccccc3Cl)C2)c(C#N)c1C. The standard InChI is InChI=1S/C17H17ClN4O/c1-11-12(2)20-21-17(14(11)9-19)22-8-7-13(10-22)23-16-6-4-3-5-15(16)18/h3-6,13H,7-8,10H2,1-2H3/t13-/m0/s1. The molecular weight excluding hydrogens is 312 g/mol. The molecule has 1 aromatic carbocycles. The Balaban J connectivity index is 1.77. The first kappa shape index (κ1) is 15.6. The van der Waals surface area contributed by atoms with Crippen molar-refractivity contribution in [3.05, 3.63) is 46.1 Å². The molecule has 1 aliphatic rings. The number of rotatable bonds is 3. The number of benzene rings is 1. The van der Waals surface area contributed by atoms with Gasteiger partial charge >= 0.3 is 0 Å². The maximum Gasteiger partial charge on any atom is 0.169 e. The minimum absolute atomic E-state index is 0.0184. The molecule has 1 saturated heterocycles. The van der Waals surface area contributed by atoms with Gasteiger partial charge < -0.3 is 9.64 Å². The molecule has 2 heterocycles. The van der Waals surface area contributed by atoms with Crippen molar-refractivity contribution in [2.75, 3.05) is 18.0 Å². The Bertz CT molecular complexity index is 772. The van der Waals surface area contributed by atoms with Crippen molar-refractivity contribution >= 4 is 17.4 Å². The summed E-state index contributed by atoms with van der Waals surface area (Å²) in [6.45, 7) is 5.21. The highest BCUT2D eigenvalue weighted by Gasteiger charge is 2.28. The molecule has 0 aliphatic carbocycles. The Morgan fingerprint density at radius 1 is 1.30 bits per heavy atom. The van der Waals surface area contributed by atoms with Gasteiger partial charge in [0.05, 0.1) is 17.3 Å². The summed E-state index contributed by atoms with van der Waals surface area (Å²) in [5.41, 5.74) is 2.26. The lowest BCUT2D eigenvalue weighted by Crippen LogP contribution is -2.26. The molecule has 118 valence electrons. The predicted molar refractivity (Wildman–Crippen MR) is 88.9 cm³/mol. The fourth-order valence-corrected chi connectivity index (χ4v) is 2.87. The average molecular weight is 329 g/mol. The van der Waals surface area contributed by atoms with Gasteiger partial charge in [-0.05, 0) is 31.5 Å². The van der Waals surface area contributed by atoms with Crippen LogP contribution in [0.3, 0.4) is 0 Å². The summed E-state index contributed by atoms with van der Waals surface area (Å²) in [6.07, 6.45) is 0.870. The van der Waals surface area contributed by atoms with Crippen LogP contribution in [0, 0.1) is 25.2 Å². The third-order valence-corrected chi connectivity index (χ3v) is 4.43. The van der Waals surface area contributed by atoms with Gasteiger partial charge in [-0.15, -0.1) is 5.10 Å². The molecule has 23 heavy (non-hydrogen) atoms. The Kier molecular flexibility index (Phi) is 4.35. The molecule has 0 saturated carbocycles. The molecule has 2 aromatic rings. The maximum atomic E-state index is 9.43. The molecule has 1 atom stereocenters. The Morgan fingerprint density at radius 3 is 2.83 bits per heavy atom. The lowest BCUT2D eigenvalue weighted by atomic mass is 10.1. The van der Waals surface area contributed by atoms with Crippen LogP contribution in [0.2, 0.25) is 5.02 Å². The number of para-hydroxylation sites is 1. The molecule has 0 N–H and O–H groups in total. The number of ether oxygens (including phenoxy) is 1. The number of hydrogen-bond acceptors (Lipinski definition) is 5. The largest absolute Gasteiger partial charge is 0.487 e. The first-order chi connectivity index (χ1) is 11.1. The fraction of sp³-hybridized carbons (Fsp3) is 0.353. The van der Waals surface area contributed by atoms with E-state index in [1.165, 1.54) is 0 Å². The van der Waals surface area contributed by atoms with Crippen molar-refractivity contribution in [3.63, 3.8) is 0 Å². The second kappa shape index (κ2) is 6.43. The Morgan fingerprint density at radius 2 is 2.09 bits per heavy atom. The van der Waals surface area contributed by atoms with E-state index in [1.54, 1.807) is 0 Å². The second-order valence-electron chi connectivity index (χ2n) is 5.63. The van der Waals surface area contributed by atoms with Gasteiger partial charge in [-0.3, -0.25) is 0 Å². The molecule has 1 aliphatic heterocycles. The molecule has 5 nitrogen and oxygen atoms in total. The molecule has 0 bridgehead atoms. The quantitative estimate of drug-likeness (QED) is 0.865. The number of anilines is 1. The van der Waals surface area contributed by atoms with Gasteiger partial charge in [0, 0.05) is 13.0 Å². The molecule has 3 rings (SSSR count). The molecule has 0 spiro atoms. The van der Waals surface area contributed by atoms with Crippen molar-refractivity contribution in [2.24, 2.45) is 0 Å². The van der Waals surface area contributed by atoms with Crippen LogP contribution in [0.1, 0.15) is 23.2 Å². The van der Waals surface area contributed by atoms with Crippen LogP contribution < -0.4 is 9.64 Å². The van der Waals surface area contributed by atoms with Gasteiger partial charge in [-0.1, -0.05) is 23.7 Å². The highest BCUT2D eigenvalue weighted by Crippen LogP contribution is 2.29. The number of nitrogens with zero attached hydrogens (tertiary/aromatic N) is 4. The number of halogens is 1. The van der Waals surface area contributed by atoms with Gasteiger partial charge in [0.15, 0.2) is 5.82 Å². The summed E-state index contributed by atoms with van der Waals surface area (Å²) in [5.74, 6) is 1.33. The van der Waals surface area contributed by atoms with Crippen LogP contribution >= 0.6 is 11.6 Å². The van der Waals surface area contributed by atoms with E-state index in [9.17, 15) is 5.26 Å². The second-order valence-corrected chi connectivity index (χ2v) is 6.03. The smallest absolute Gasteiger partial charge is 0.169 e. The zero-order valence-electron chi connectivity index (χ0n) is 13.1. The van der Waals surface area contributed by atoms with Crippen LogP contribution in [0.15, 0.2) is 24.3 Å². The van der Waals surface area contributed by atoms with E-state index < -0.39 is 0 Å². The molecule has 6 heteroatoms. The van der Waals surface area contributed by atoms with Gasteiger partial charge in [0.1, 0.15) is 23.5 Å². The third-order valence-electron chi connectivity index (χ3n) is 4.12. The summed E-state index contributed by atoms with van der Waals surface area (Å²) >= 11 is 6.14. The number of aromatic nitrogens is 2. The van der Waals surface area contributed by atoms with E-state index in [4.69, 9.17) is 16.3 Å². The average Bonchev–Trinajstić information content (AvgIpc) is 3.00. The van der Waals surface area contributed by atoms with Gasteiger partial charge in [0.25, 0.3) is 0 Å². The zero-order chi connectivity index (χ0) is 16.4. The molecule has 1 aromatic heterocycles. The van der Waals surface area contributed by atoms with E-state index >= 15 is 0 Å². The third kappa shape index (κ3) is 3.08. The monoisotopic (exact) mass is 328 g/mol. The summed E-state index contributed by atoms with van der Waals surface area (Å²) < 4.78 is 5.98. The number of hydrogen-bond donors (Lipinski definition) is 0. The first-order valence-corrected chi connectivity index (χ1v) is 7.88. The summed E-state index contributed by atoms with van der Waals surface area (Å²) in [6, 6.07) is 9.70. The number of nitriles is 1. The van der Waals surface area contributed by atoms with Crippen molar-refractivity contribution in [1.82, 2.24) is 10.2 Å². The Hall–Kier alpha value is -2.32. The topological polar surface area (TPSA) is 62.0 Å². The van der Waals surface area contributed by atoms with Crippen molar-refractivity contribution in [3.8, 4) is 11.8 Å². The van der Waals surface area contributed by atoms with E-state index in [0.717, 1.165) is 24.2 Å². The van der Waals surface area contributed by atoms with Crippen LogP contribution in [-0.2, 0) is 0 Å². The van der Waals surface area contributed by atoms with Gasteiger partial charge in [0.2, 0.25) is 0 Å². The summed E-state index contributed by atoms with van der Waals surface area (Å²) in [7, 11) is 0. The van der Waals surface area contributed by atoms with Gasteiger partial charge in [-0.2, -0.15) is 10.4 Å². The van der Waals surface area contributed by atoms with E-state index in [0.29, 0.717) is 28.7 Å². The molecule has 1 fully saturated rings. The first-order valence-electron chi connectivity index (χ1n) is 7.50. The summed E-state index contributed by atoms with van der Waals surface area (Å²) in [5, 5.41) is 18.4. The maximum absolute atomic E-state index is 9.43. The predicted octanol–water partition coefficient (Wildman–Crippen LogP) is 3.28. The van der Waals surface area contributed by atoms with Crippen LogP contribution in [-0.4, -0.2) is 29.4 Å². The van der Waals surface area contributed by atoms with Crippen molar-refractivity contribution in [1.29, 1.82) is 5.26 Å². The summed E-state index contributed by atoms with van der Waals surface area (Å²) in [4.78, 5) is 2.06. The van der Waals surface area contributed by atoms with Crippen molar-refractivity contribution < 1.29 is 4.74 Å². The van der Waals surface area contributed by atoms with Crippen LogP contribution in [0.5, 0.6) is 5.75 Å². The lowest BCUT2D eigenvalue weighted by Gasteiger charge is -2.20. The highest BCUT2D eigenvalue weighted by atomic mass is 35.5. The fourth-order valence-electron chi connectivity index (χ4n) is 2.69. The zero-order valence-corrected chi connectivity index (χ0v) is 13.8. The molecular formula is C17H17ClN4O. The number of aryl methyl sites for hydroxylation is 1. The van der Waals surface area contributed by atoms with E-state index in [2.05, 4.69) is 21.2 Å². The van der Waals surface area contributed by atoms with Crippen molar-refractivity contribution in [2.45, 2.75) is 26.4 Å². The van der Waals surface area contributed by atoms with Crippen LogP contribution in [0.25, 0.3) is 0 Å². The minimum atomic E-state index is 0.0184. The molecule has 0 unspecified atom stereocenters. The molecule has 0 amide bonds. The molecule has 0 radical (unpaired) electrons. The van der Waals surface area contributed by atoms with E-state index in [-0.39, 0.29) is 6.10 Å². The minimum Gasteiger partial charge on any atom is -0.487 e. The Labute approximate surface area is 140 Å². The lowest BCUT2D eigenvalue weighted by molar-refractivity contribution is 0.225. The van der Waals surface area contributed by atoms with E-state index in [1.807, 2.05) is 38.1 Å². The normalized spacial score (nSPS) is 17.1. The van der Waals surface area contributed by atoms with Gasteiger partial charge in [-0.25, -0.2) is 0 Å². The highest BCUT2D eigenvalue weighted by molar-refractivity contribution is 6.32. The van der Waals surface area contributed by atoms with Crippen LogP contribution in [0.4, 0.5) is 5.82 Å².